The minimum absolute atomic E-state index is 0.0808. The first kappa shape index (κ1) is 69.0. The first-order valence-corrected chi connectivity index (χ1v) is 27.5. The van der Waals surface area contributed by atoms with Crippen LogP contribution in [0.3, 0.4) is 0 Å². The number of carbonyl (C=O) groups excluding carboxylic acids is 2. The minimum Gasteiger partial charge on any atom is -0.484 e. The summed E-state index contributed by atoms with van der Waals surface area (Å²) < 4.78 is 10.3. The van der Waals surface area contributed by atoms with Gasteiger partial charge in [-0.3, -0.25) is 9.59 Å². The first-order chi connectivity index (χ1) is 33.6. The zero-order valence-corrected chi connectivity index (χ0v) is 49.0. The van der Waals surface area contributed by atoms with Crippen molar-refractivity contribution in [2.24, 2.45) is 11.3 Å². The van der Waals surface area contributed by atoms with E-state index in [9.17, 15) is 9.59 Å². The number of aryl methyl sites for hydroxylation is 1. The zero-order valence-electron chi connectivity index (χ0n) is 49.0. The average molecular weight is 986 g/mol. The minimum atomic E-state index is 0.0808. The number of carbonyl (C=O) groups is 2. The lowest BCUT2D eigenvalue weighted by Gasteiger charge is -2.60. The van der Waals surface area contributed by atoms with E-state index in [0.29, 0.717) is 0 Å². The van der Waals surface area contributed by atoms with E-state index in [0.717, 1.165) is 93.7 Å². The lowest BCUT2D eigenvalue weighted by Crippen LogP contribution is -2.63. The molecule has 12 nitrogen and oxygen atoms in total. The van der Waals surface area contributed by atoms with Gasteiger partial charge >= 0.3 is 0 Å². The summed E-state index contributed by atoms with van der Waals surface area (Å²) in [7, 11) is 5.54. The number of amides is 2. The van der Waals surface area contributed by atoms with Crippen molar-refractivity contribution >= 4 is 11.8 Å². The third-order valence-electron chi connectivity index (χ3n) is 13.0. The van der Waals surface area contributed by atoms with Crippen molar-refractivity contribution < 1.29 is 19.1 Å². The SMILES string of the molecule is C/C=C(\C)CC.C=C(C=C(C)C)CNC.CC.CC.CC.CCN1CCN(C(=O)COc2cccc(C)c2)CC1.CCN1CCN(CC2CC3(C2)CN(CC)C3)CC1.COCC(=O)N1CCN(C)CC1. The van der Waals surface area contributed by atoms with Gasteiger partial charge in [0.25, 0.3) is 5.91 Å². The Balaban J connectivity index is 0. The van der Waals surface area contributed by atoms with Gasteiger partial charge in [-0.2, -0.15) is 0 Å². The number of nitrogens with zero attached hydrogens (tertiary/aromatic N) is 7. The summed E-state index contributed by atoms with van der Waals surface area (Å²) in [5.74, 6) is 1.96. The summed E-state index contributed by atoms with van der Waals surface area (Å²) in [5, 5.41) is 3.03. The van der Waals surface area contributed by atoms with E-state index in [1.807, 2.05) is 89.6 Å². The maximum absolute atomic E-state index is 12.0. The van der Waals surface area contributed by atoms with Crippen molar-refractivity contribution in [1.82, 2.24) is 39.6 Å². The second-order valence-electron chi connectivity index (χ2n) is 18.7. The van der Waals surface area contributed by atoms with Gasteiger partial charge < -0.3 is 49.1 Å². The van der Waals surface area contributed by atoms with Gasteiger partial charge in [-0.1, -0.05) is 111 Å². The first-order valence-electron chi connectivity index (χ1n) is 27.5. The highest BCUT2D eigenvalue weighted by atomic mass is 16.5. The van der Waals surface area contributed by atoms with E-state index in [1.54, 1.807) is 7.11 Å². The largest absolute Gasteiger partial charge is 0.484 e. The van der Waals surface area contributed by atoms with E-state index in [-0.39, 0.29) is 25.0 Å². The average Bonchev–Trinajstić information content (AvgIpc) is 3.36. The Morgan fingerprint density at radius 3 is 1.61 bits per heavy atom. The summed E-state index contributed by atoms with van der Waals surface area (Å²) in [5.41, 5.74) is 5.82. The highest BCUT2D eigenvalue weighted by molar-refractivity contribution is 5.78. The number of piperazine rings is 3. The molecule has 0 unspecified atom stereocenters. The predicted molar refractivity (Wildman–Crippen MR) is 303 cm³/mol. The van der Waals surface area contributed by atoms with Crippen molar-refractivity contribution in [3.8, 4) is 5.75 Å². The van der Waals surface area contributed by atoms with Crippen LogP contribution in [0.1, 0.15) is 122 Å². The van der Waals surface area contributed by atoms with Crippen LogP contribution in [0, 0.1) is 18.3 Å². The maximum atomic E-state index is 12.0. The molecule has 1 spiro atoms. The quantitative estimate of drug-likeness (QED) is 0.144. The molecule has 1 aromatic rings. The van der Waals surface area contributed by atoms with Crippen LogP contribution in [-0.4, -0.2) is 205 Å². The van der Waals surface area contributed by atoms with Gasteiger partial charge in [0.2, 0.25) is 5.91 Å². The zero-order chi connectivity index (χ0) is 53.5. The summed E-state index contributed by atoms with van der Waals surface area (Å²) in [6.07, 6.45) is 8.43. The van der Waals surface area contributed by atoms with Gasteiger partial charge in [0.05, 0.1) is 0 Å². The van der Waals surface area contributed by atoms with Crippen LogP contribution in [0.15, 0.2) is 59.7 Å². The second-order valence-corrected chi connectivity index (χ2v) is 18.7. The molecule has 0 bridgehead atoms. The number of likely N-dealkylation sites (tertiary alicyclic amines) is 1. The molecule has 1 saturated carbocycles. The Labute approximate surface area is 433 Å². The molecule has 1 aromatic carbocycles. The molecule has 5 aliphatic rings. The molecule has 12 heteroatoms. The summed E-state index contributed by atoms with van der Waals surface area (Å²) in [6.45, 7) is 56.4. The highest BCUT2D eigenvalue weighted by Crippen LogP contribution is 2.51. The number of nitrogens with one attached hydrogen (secondary N) is 1. The fraction of sp³-hybridized carbons (Fsp3) is 0.759. The van der Waals surface area contributed by atoms with Crippen molar-refractivity contribution in [1.29, 1.82) is 0 Å². The molecule has 1 N–H and O–H groups in total. The van der Waals surface area contributed by atoms with Crippen molar-refractivity contribution in [3.63, 3.8) is 0 Å². The molecule has 0 aromatic heterocycles. The topological polar surface area (TPSA) is 87.3 Å². The number of likely N-dealkylation sites (N-methyl/N-ethyl adjacent to an activating group) is 4. The van der Waals surface area contributed by atoms with Gasteiger partial charge in [-0.25, -0.2) is 0 Å². The van der Waals surface area contributed by atoms with Crippen molar-refractivity contribution in [2.45, 2.75) is 123 Å². The molecule has 0 atom stereocenters. The third-order valence-corrected chi connectivity index (χ3v) is 13.0. The Bertz CT molecular complexity index is 1510. The van der Waals surface area contributed by atoms with Gasteiger partial charge in [0, 0.05) is 112 Å². The monoisotopic (exact) mass is 985 g/mol. The van der Waals surface area contributed by atoms with E-state index in [2.05, 4.69) is 111 Å². The molecule has 0 radical (unpaired) electrons. The van der Waals surface area contributed by atoms with Crippen molar-refractivity contribution in [3.05, 3.63) is 65.3 Å². The molecule has 2 amide bonds. The number of rotatable bonds is 14. The van der Waals surface area contributed by atoms with Crippen LogP contribution < -0.4 is 10.1 Å². The number of hydrogen-bond donors (Lipinski definition) is 1. The molecular formula is C58H112N8O4. The second kappa shape index (κ2) is 42.4. The van der Waals surface area contributed by atoms with E-state index in [4.69, 9.17) is 9.47 Å². The molecule has 4 aliphatic heterocycles. The number of hydrogen-bond acceptors (Lipinski definition) is 10. The van der Waals surface area contributed by atoms with Gasteiger partial charge in [0.1, 0.15) is 12.4 Å². The smallest absolute Gasteiger partial charge is 0.260 e. The summed E-state index contributed by atoms with van der Waals surface area (Å²) >= 11 is 0. The molecule has 70 heavy (non-hydrogen) atoms. The molecule has 408 valence electrons. The van der Waals surface area contributed by atoms with Crippen LogP contribution in [-0.2, 0) is 14.3 Å². The Morgan fingerprint density at radius 2 is 1.20 bits per heavy atom. The normalized spacial score (nSPS) is 18.1. The lowest BCUT2D eigenvalue weighted by molar-refractivity contribution is -0.136. The fourth-order valence-corrected chi connectivity index (χ4v) is 8.75. The van der Waals surface area contributed by atoms with Crippen LogP contribution >= 0.6 is 0 Å². The number of methoxy groups -OCH3 is 1. The Morgan fingerprint density at radius 1 is 0.729 bits per heavy atom. The van der Waals surface area contributed by atoms with Crippen LogP contribution in [0.25, 0.3) is 0 Å². The van der Waals surface area contributed by atoms with Crippen LogP contribution in [0.2, 0.25) is 0 Å². The van der Waals surface area contributed by atoms with Gasteiger partial charge in [-0.15, -0.1) is 0 Å². The van der Waals surface area contributed by atoms with Crippen LogP contribution in [0.5, 0.6) is 5.75 Å². The van der Waals surface area contributed by atoms with E-state index in [1.165, 1.54) is 89.3 Å². The molecule has 5 fully saturated rings. The summed E-state index contributed by atoms with van der Waals surface area (Å²) in [6, 6.07) is 7.78. The number of benzene rings is 1. The van der Waals surface area contributed by atoms with Gasteiger partial charge in [-0.05, 0) is 122 Å². The third kappa shape index (κ3) is 30.1. The number of ether oxygens (including phenoxy) is 2. The molecule has 4 heterocycles. The van der Waals surface area contributed by atoms with Crippen LogP contribution in [0.4, 0.5) is 0 Å². The van der Waals surface area contributed by atoms with Crippen molar-refractivity contribution in [2.75, 3.05) is 159 Å². The van der Waals surface area contributed by atoms with E-state index < -0.39 is 0 Å². The Kier molecular flexibility index (Phi) is 41.8. The highest BCUT2D eigenvalue weighted by Gasteiger charge is 2.51. The standard InChI is InChI=1S/C15H29N3.C15H22N2O2.C8H16N2O2.C8H15N.C6H12.3C2H6/c1-3-16-5-7-18(8-6-16)11-14-9-15(10-14)12-17(4-2)13-15;1-3-16-7-9-17(10-8-16)15(18)12-19-14-6-4-5-13(2)11-14;1-9-3-5-10(6-4-9)8(11)7-12-2;1-7(2)5-8(3)6-9-4;1-4-6(3)5-2;3*1-2/h14H,3-13H2,1-2H3;4-6,11H,3,7-10,12H2,1-2H3;3-7H2,1-2H3;5,9H,3,6H2,1-2,4H3;4H,5H2,1-3H3;3*1-2H3/b;;;;6-4+;;;. The fourth-order valence-electron chi connectivity index (χ4n) is 8.75. The van der Waals surface area contributed by atoms with Gasteiger partial charge in [0.15, 0.2) is 6.61 Å². The number of allylic oxidation sites excluding steroid dienone is 3. The molecular weight excluding hydrogens is 873 g/mol. The molecule has 4 saturated heterocycles. The Hall–Kier alpha value is -3.10. The molecule has 6 rings (SSSR count). The molecule has 1 aliphatic carbocycles. The predicted octanol–water partition coefficient (Wildman–Crippen LogP) is 9.47. The summed E-state index contributed by atoms with van der Waals surface area (Å²) in [4.78, 5) is 39.5. The maximum Gasteiger partial charge on any atom is 0.260 e. The lowest BCUT2D eigenvalue weighted by atomic mass is 9.57. The van der Waals surface area contributed by atoms with E-state index >= 15 is 0 Å².